The van der Waals surface area contributed by atoms with Crippen molar-refractivity contribution in [3.05, 3.63) is 28.8 Å². The maximum atomic E-state index is 6.37. The number of hydrogen-bond donors (Lipinski definition) is 1. The van der Waals surface area contributed by atoms with Gasteiger partial charge in [0.1, 0.15) is 5.75 Å². The van der Waals surface area contributed by atoms with Gasteiger partial charge in [0.2, 0.25) is 0 Å². The maximum Gasteiger partial charge on any atom is 0.122 e. The second kappa shape index (κ2) is 5.72. The van der Waals surface area contributed by atoms with Crippen molar-refractivity contribution in [2.75, 3.05) is 13.7 Å². The smallest absolute Gasteiger partial charge is 0.122 e. The van der Waals surface area contributed by atoms with Crippen LogP contribution in [0.3, 0.4) is 0 Å². The third-order valence-electron chi connectivity index (χ3n) is 3.76. The van der Waals surface area contributed by atoms with Gasteiger partial charge in [0.15, 0.2) is 0 Å². The first-order valence-corrected chi connectivity index (χ1v) is 6.66. The van der Waals surface area contributed by atoms with Gasteiger partial charge in [-0.25, -0.2) is 0 Å². The molecule has 100 valence electrons. The number of ether oxygens (including phenoxy) is 2. The van der Waals surface area contributed by atoms with E-state index in [0.29, 0.717) is 0 Å². The van der Waals surface area contributed by atoms with Crippen LogP contribution in [0.5, 0.6) is 5.75 Å². The standard InChI is InChI=1S/C15H23NO2/c1-10-9-14(17-3)11(2)8-12(10)15(16)13-6-4-5-7-18-13/h8-9,13,15H,4-7,16H2,1-3H3. The van der Waals surface area contributed by atoms with Gasteiger partial charge in [0.25, 0.3) is 0 Å². The molecule has 2 rings (SSSR count). The average Bonchev–Trinajstić information content (AvgIpc) is 2.41. The predicted molar refractivity (Wildman–Crippen MR) is 73.0 cm³/mol. The molecule has 1 heterocycles. The van der Waals surface area contributed by atoms with Gasteiger partial charge in [-0.1, -0.05) is 6.07 Å². The van der Waals surface area contributed by atoms with E-state index in [-0.39, 0.29) is 12.1 Å². The molecule has 1 fully saturated rings. The lowest BCUT2D eigenvalue weighted by molar-refractivity contribution is -0.000118. The van der Waals surface area contributed by atoms with E-state index in [1.165, 1.54) is 17.5 Å². The molecule has 0 aromatic heterocycles. The summed E-state index contributed by atoms with van der Waals surface area (Å²) in [4.78, 5) is 0. The number of aryl methyl sites for hydroxylation is 2. The number of rotatable bonds is 3. The number of benzene rings is 1. The van der Waals surface area contributed by atoms with E-state index in [2.05, 4.69) is 26.0 Å². The van der Waals surface area contributed by atoms with Gasteiger partial charge in [0.05, 0.1) is 19.3 Å². The largest absolute Gasteiger partial charge is 0.496 e. The van der Waals surface area contributed by atoms with E-state index in [4.69, 9.17) is 15.2 Å². The van der Waals surface area contributed by atoms with Crippen LogP contribution in [0.15, 0.2) is 12.1 Å². The summed E-state index contributed by atoms with van der Waals surface area (Å²) in [5.41, 5.74) is 9.85. The SMILES string of the molecule is COc1cc(C)c(C(N)C2CCCCO2)cc1C. The quantitative estimate of drug-likeness (QED) is 0.896. The predicted octanol–water partition coefficient (Wildman–Crippen LogP) is 2.88. The molecule has 3 nitrogen and oxygen atoms in total. The average molecular weight is 249 g/mol. The summed E-state index contributed by atoms with van der Waals surface area (Å²) in [5, 5.41) is 0. The Balaban J connectivity index is 2.23. The Bertz CT molecular complexity index is 411. The fraction of sp³-hybridized carbons (Fsp3) is 0.600. The summed E-state index contributed by atoms with van der Waals surface area (Å²) >= 11 is 0. The number of nitrogens with two attached hydrogens (primary N) is 1. The van der Waals surface area contributed by atoms with Gasteiger partial charge in [0, 0.05) is 6.61 Å². The first-order chi connectivity index (χ1) is 8.63. The molecule has 1 aliphatic rings. The van der Waals surface area contributed by atoms with Crippen LogP contribution in [-0.4, -0.2) is 19.8 Å². The van der Waals surface area contributed by atoms with Crippen molar-refractivity contribution < 1.29 is 9.47 Å². The summed E-state index contributed by atoms with van der Waals surface area (Å²) in [6.07, 6.45) is 3.59. The summed E-state index contributed by atoms with van der Waals surface area (Å²) in [5.74, 6) is 0.924. The lowest BCUT2D eigenvalue weighted by atomic mass is 9.92. The highest BCUT2D eigenvalue weighted by molar-refractivity contribution is 5.43. The molecule has 2 N–H and O–H groups in total. The highest BCUT2D eigenvalue weighted by Gasteiger charge is 2.24. The van der Waals surface area contributed by atoms with Gasteiger partial charge < -0.3 is 15.2 Å². The van der Waals surface area contributed by atoms with E-state index >= 15 is 0 Å². The van der Waals surface area contributed by atoms with Crippen LogP contribution in [0, 0.1) is 13.8 Å². The molecule has 1 aromatic rings. The van der Waals surface area contributed by atoms with E-state index in [0.717, 1.165) is 30.8 Å². The van der Waals surface area contributed by atoms with E-state index in [1.807, 2.05) is 0 Å². The minimum atomic E-state index is -0.0325. The molecule has 0 amide bonds. The van der Waals surface area contributed by atoms with E-state index in [9.17, 15) is 0 Å². The molecule has 0 bridgehead atoms. The van der Waals surface area contributed by atoms with Crippen molar-refractivity contribution in [2.45, 2.75) is 45.3 Å². The Labute approximate surface area is 109 Å². The molecule has 1 saturated heterocycles. The minimum absolute atomic E-state index is 0.0325. The topological polar surface area (TPSA) is 44.5 Å². The van der Waals surface area contributed by atoms with Crippen molar-refractivity contribution in [2.24, 2.45) is 5.73 Å². The highest BCUT2D eigenvalue weighted by Crippen LogP contribution is 2.30. The fourth-order valence-electron chi connectivity index (χ4n) is 2.64. The summed E-state index contributed by atoms with van der Waals surface area (Å²) in [6, 6.07) is 4.17. The molecular weight excluding hydrogens is 226 g/mol. The van der Waals surface area contributed by atoms with E-state index < -0.39 is 0 Å². The van der Waals surface area contributed by atoms with Crippen LogP contribution in [0.4, 0.5) is 0 Å². The van der Waals surface area contributed by atoms with Crippen LogP contribution in [0.1, 0.15) is 42.0 Å². The van der Waals surface area contributed by atoms with E-state index in [1.54, 1.807) is 7.11 Å². The number of methoxy groups -OCH3 is 1. The molecule has 2 unspecified atom stereocenters. The first-order valence-electron chi connectivity index (χ1n) is 6.66. The van der Waals surface area contributed by atoms with Crippen molar-refractivity contribution in [1.82, 2.24) is 0 Å². The summed E-state index contributed by atoms with van der Waals surface area (Å²) in [7, 11) is 1.70. The molecule has 0 radical (unpaired) electrons. The monoisotopic (exact) mass is 249 g/mol. The van der Waals surface area contributed by atoms with Gasteiger partial charge in [-0.3, -0.25) is 0 Å². The van der Waals surface area contributed by atoms with Crippen LogP contribution in [0.25, 0.3) is 0 Å². The molecule has 1 aliphatic heterocycles. The van der Waals surface area contributed by atoms with Crippen molar-refractivity contribution in [3.8, 4) is 5.75 Å². The van der Waals surface area contributed by atoms with Gasteiger partial charge in [-0.15, -0.1) is 0 Å². The molecule has 0 saturated carbocycles. The third kappa shape index (κ3) is 2.68. The maximum absolute atomic E-state index is 6.37. The zero-order valence-electron chi connectivity index (χ0n) is 11.5. The molecule has 0 spiro atoms. The zero-order chi connectivity index (χ0) is 13.1. The molecule has 2 atom stereocenters. The van der Waals surface area contributed by atoms with Crippen molar-refractivity contribution in [1.29, 1.82) is 0 Å². The Kier molecular flexibility index (Phi) is 4.25. The van der Waals surface area contributed by atoms with Gasteiger partial charge in [-0.05, 0) is 55.9 Å². The molecule has 18 heavy (non-hydrogen) atoms. The normalized spacial score (nSPS) is 21.7. The zero-order valence-corrected chi connectivity index (χ0v) is 11.5. The lowest BCUT2D eigenvalue weighted by Crippen LogP contribution is -2.32. The Morgan fingerprint density at radius 1 is 1.28 bits per heavy atom. The minimum Gasteiger partial charge on any atom is -0.496 e. The summed E-state index contributed by atoms with van der Waals surface area (Å²) < 4.78 is 11.1. The van der Waals surface area contributed by atoms with Gasteiger partial charge >= 0.3 is 0 Å². The first kappa shape index (κ1) is 13.4. The fourth-order valence-corrected chi connectivity index (χ4v) is 2.64. The molecule has 0 aliphatic carbocycles. The summed E-state index contributed by atoms with van der Waals surface area (Å²) in [6.45, 7) is 4.97. The molecule has 1 aromatic carbocycles. The second-order valence-corrected chi connectivity index (χ2v) is 5.11. The molecule has 3 heteroatoms. The van der Waals surface area contributed by atoms with Crippen LogP contribution < -0.4 is 10.5 Å². The number of hydrogen-bond acceptors (Lipinski definition) is 3. The van der Waals surface area contributed by atoms with Crippen LogP contribution in [0.2, 0.25) is 0 Å². The Hall–Kier alpha value is -1.06. The third-order valence-corrected chi connectivity index (χ3v) is 3.76. The van der Waals surface area contributed by atoms with Crippen molar-refractivity contribution in [3.63, 3.8) is 0 Å². The van der Waals surface area contributed by atoms with Crippen LogP contribution >= 0.6 is 0 Å². The second-order valence-electron chi connectivity index (χ2n) is 5.11. The molecular formula is C15H23NO2. The Morgan fingerprint density at radius 3 is 2.67 bits per heavy atom. The Morgan fingerprint density at radius 2 is 2.06 bits per heavy atom. The van der Waals surface area contributed by atoms with Crippen molar-refractivity contribution >= 4 is 0 Å². The lowest BCUT2D eigenvalue weighted by Gasteiger charge is -2.29. The van der Waals surface area contributed by atoms with Gasteiger partial charge in [-0.2, -0.15) is 0 Å². The highest BCUT2D eigenvalue weighted by atomic mass is 16.5. The van der Waals surface area contributed by atoms with Crippen LogP contribution in [-0.2, 0) is 4.74 Å².